The third-order valence-electron chi connectivity index (χ3n) is 10.1. The van der Waals surface area contributed by atoms with Crippen LogP contribution >= 0.6 is 0 Å². The lowest BCUT2D eigenvalue weighted by Crippen LogP contribution is -2.25. The molecule has 0 amide bonds. The van der Waals surface area contributed by atoms with E-state index < -0.39 is 5.41 Å². The highest BCUT2D eigenvalue weighted by Gasteiger charge is 2.52. The maximum atomic E-state index is 5.39. The number of aromatic nitrogens is 2. The van der Waals surface area contributed by atoms with Crippen molar-refractivity contribution in [1.82, 2.24) is 9.97 Å². The molecule has 8 aromatic rings. The molecule has 0 saturated heterocycles. The van der Waals surface area contributed by atoms with Crippen molar-refractivity contribution < 1.29 is 0 Å². The number of benzene rings is 7. The molecule has 0 fully saturated rings. The first-order valence-corrected chi connectivity index (χ1v) is 16.2. The van der Waals surface area contributed by atoms with E-state index in [9.17, 15) is 0 Å². The second-order valence-electron chi connectivity index (χ2n) is 12.5. The Morgan fingerprint density at radius 3 is 1.64 bits per heavy atom. The lowest BCUT2D eigenvalue weighted by Gasteiger charge is -2.30. The van der Waals surface area contributed by atoms with Gasteiger partial charge in [-0.1, -0.05) is 164 Å². The average molecular weight is 597 g/mol. The van der Waals surface area contributed by atoms with Gasteiger partial charge in [0.15, 0.2) is 5.82 Å². The third-order valence-corrected chi connectivity index (χ3v) is 10.1. The molecule has 2 aliphatic carbocycles. The van der Waals surface area contributed by atoms with Crippen LogP contribution in [0.5, 0.6) is 0 Å². The van der Waals surface area contributed by atoms with Crippen molar-refractivity contribution in [3.05, 3.63) is 192 Å². The third kappa shape index (κ3) is 3.61. The van der Waals surface area contributed by atoms with Gasteiger partial charge in [-0.25, -0.2) is 9.97 Å². The van der Waals surface area contributed by atoms with E-state index in [1.165, 1.54) is 55.3 Å². The Labute approximate surface area is 273 Å². The minimum absolute atomic E-state index is 0.412. The van der Waals surface area contributed by atoms with E-state index in [2.05, 4.69) is 170 Å². The van der Waals surface area contributed by atoms with Crippen molar-refractivity contribution in [1.29, 1.82) is 0 Å². The maximum Gasteiger partial charge on any atom is 0.161 e. The molecule has 7 aromatic carbocycles. The Hall–Kier alpha value is -6.12. The maximum absolute atomic E-state index is 5.39. The molecule has 0 radical (unpaired) electrons. The lowest BCUT2D eigenvalue weighted by molar-refractivity contribution is 0.794. The van der Waals surface area contributed by atoms with Gasteiger partial charge in [0.1, 0.15) is 0 Å². The van der Waals surface area contributed by atoms with Crippen molar-refractivity contribution in [3.8, 4) is 56.2 Å². The van der Waals surface area contributed by atoms with Gasteiger partial charge >= 0.3 is 0 Å². The molecule has 1 aromatic heterocycles. The summed E-state index contributed by atoms with van der Waals surface area (Å²) in [5, 5.41) is 2.38. The van der Waals surface area contributed by atoms with Crippen LogP contribution < -0.4 is 0 Å². The molecule has 0 unspecified atom stereocenters. The molecule has 10 rings (SSSR count). The second-order valence-corrected chi connectivity index (χ2v) is 12.5. The fourth-order valence-corrected chi connectivity index (χ4v) is 8.24. The van der Waals surface area contributed by atoms with Crippen LogP contribution in [-0.2, 0) is 5.41 Å². The highest BCUT2D eigenvalue weighted by molar-refractivity contribution is 6.00. The SMILES string of the molecule is c1ccc(-c2cc(-c3cccc4ccccc34)nc(-c3cccc4c3-c3ccccc3C43c4ccccc4-c4ccccc43)n2)cc1. The topological polar surface area (TPSA) is 25.8 Å². The average Bonchev–Trinajstić information content (AvgIpc) is 3.62. The van der Waals surface area contributed by atoms with Crippen LogP contribution in [0.4, 0.5) is 0 Å². The summed E-state index contributed by atoms with van der Waals surface area (Å²) in [6, 6.07) is 61.1. The zero-order valence-electron chi connectivity index (χ0n) is 25.6. The van der Waals surface area contributed by atoms with Gasteiger partial charge in [-0.3, -0.25) is 0 Å². The molecule has 0 aliphatic heterocycles. The van der Waals surface area contributed by atoms with Gasteiger partial charge < -0.3 is 0 Å². The monoisotopic (exact) mass is 596 g/mol. The van der Waals surface area contributed by atoms with E-state index in [0.717, 1.165) is 33.9 Å². The van der Waals surface area contributed by atoms with Gasteiger partial charge in [0, 0.05) is 16.7 Å². The fourth-order valence-electron chi connectivity index (χ4n) is 8.24. The van der Waals surface area contributed by atoms with Crippen LogP contribution in [0.15, 0.2) is 170 Å². The summed E-state index contributed by atoms with van der Waals surface area (Å²) in [5.41, 5.74) is 15.0. The molecule has 0 bridgehead atoms. The number of nitrogens with zero attached hydrogens (tertiary/aromatic N) is 2. The first kappa shape index (κ1) is 26.1. The normalized spacial score (nSPS) is 13.3. The minimum atomic E-state index is -0.412. The first-order chi connectivity index (χ1) is 23.3. The molecule has 0 atom stereocenters. The van der Waals surface area contributed by atoms with Gasteiger partial charge in [0.05, 0.1) is 16.8 Å². The zero-order valence-corrected chi connectivity index (χ0v) is 25.6. The highest BCUT2D eigenvalue weighted by Crippen LogP contribution is 2.63. The zero-order chi connectivity index (χ0) is 31.0. The second kappa shape index (κ2) is 9.94. The fraction of sp³-hybridized carbons (Fsp3) is 0.0222. The summed E-state index contributed by atoms with van der Waals surface area (Å²) < 4.78 is 0. The van der Waals surface area contributed by atoms with E-state index in [0.29, 0.717) is 0 Å². The van der Waals surface area contributed by atoms with E-state index >= 15 is 0 Å². The predicted octanol–water partition coefficient (Wildman–Crippen LogP) is 11.0. The summed E-state index contributed by atoms with van der Waals surface area (Å²) in [7, 11) is 0. The Morgan fingerprint density at radius 2 is 0.872 bits per heavy atom. The molecule has 1 heterocycles. The number of hydrogen-bond donors (Lipinski definition) is 0. The minimum Gasteiger partial charge on any atom is -0.228 e. The van der Waals surface area contributed by atoms with Crippen LogP contribution in [0.3, 0.4) is 0 Å². The van der Waals surface area contributed by atoms with E-state index in [-0.39, 0.29) is 0 Å². The van der Waals surface area contributed by atoms with E-state index in [4.69, 9.17) is 9.97 Å². The summed E-state index contributed by atoms with van der Waals surface area (Å²) >= 11 is 0. The van der Waals surface area contributed by atoms with Crippen molar-refractivity contribution in [2.24, 2.45) is 0 Å². The summed E-state index contributed by atoms with van der Waals surface area (Å²) in [6.07, 6.45) is 0. The van der Waals surface area contributed by atoms with Gasteiger partial charge in [0.2, 0.25) is 0 Å². The number of rotatable bonds is 3. The highest BCUT2D eigenvalue weighted by atomic mass is 14.9. The summed E-state index contributed by atoms with van der Waals surface area (Å²) in [5.74, 6) is 0.734. The predicted molar refractivity (Wildman–Crippen MR) is 192 cm³/mol. The van der Waals surface area contributed by atoms with Crippen molar-refractivity contribution >= 4 is 10.8 Å². The molecule has 0 saturated carbocycles. The summed E-state index contributed by atoms with van der Waals surface area (Å²) in [6.45, 7) is 0. The molecule has 0 N–H and O–H groups in total. The number of hydrogen-bond acceptors (Lipinski definition) is 2. The van der Waals surface area contributed by atoms with Crippen LogP contribution in [0.1, 0.15) is 22.3 Å². The molecular weight excluding hydrogens is 569 g/mol. The Kier molecular flexibility index (Phi) is 5.53. The standard InChI is InChI=1S/C45H28N2/c1-2-15-30(16-3-1)41-28-42(34-22-12-17-29-14-4-5-18-31(29)34)47-44(46-41)36-23-13-27-40-43(36)35-21-8-11-26-39(35)45(40)37-24-9-6-19-32(37)33-20-7-10-25-38(33)45/h1-28H. The smallest absolute Gasteiger partial charge is 0.161 e. The Bertz CT molecular complexity index is 2480. The van der Waals surface area contributed by atoms with Crippen molar-refractivity contribution in [2.45, 2.75) is 5.41 Å². The molecule has 2 heteroatoms. The van der Waals surface area contributed by atoms with Crippen LogP contribution in [0, 0.1) is 0 Å². The van der Waals surface area contributed by atoms with Crippen LogP contribution in [-0.4, -0.2) is 9.97 Å². The van der Waals surface area contributed by atoms with Gasteiger partial charge in [-0.05, 0) is 61.3 Å². The molecular formula is C45H28N2. The first-order valence-electron chi connectivity index (χ1n) is 16.2. The van der Waals surface area contributed by atoms with Gasteiger partial charge in [0.25, 0.3) is 0 Å². The number of fused-ring (bicyclic) bond motifs is 11. The molecule has 2 nitrogen and oxygen atoms in total. The quantitative estimate of drug-likeness (QED) is 0.203. The molecule has 1 spiro atoms. The van der Waals surface area contributed by atoms with Crippen LogP contribution in [0.25, 0.3) is 66.9 Å². The molecule has 218 valence electrons. The van der Waals surface area contributed by atoms with E-state index in [1.807, 2.05) is 0 Å². The lowest BCUT2D eigenvalue weighted by atomic mass is 9.70. The summed E-state index contributed by atoms with van der Waals surface area (Å²) in [4.78, 5) is 10.7. The van der Waals surface area contributed by atoms with Crippen molar-refractivity contribution in [2.75, 3.05) is 0 Å². The largest absolute Gasteiger partial charge is 0.228 e. The molecule has 47 heavy (non-hydrogen) atoms. The Balaban J connectivity index is 1.29. The van der Waals surface area contributed by atoms with Crippen LogP contribution in [0.2, 0.25) is 0 Å². The van der Waals surface area contributed by atoms with Crippen molar-refractivity contribution in [3.63, 3.8) is 0 Å². The van der Waals surface area contributed by atoms with Gasteiger partial charge in [-0.2, -0.15) is 0 Å². The van der Waals surface area contributed by atoms with E-state index in [1.54, 1.807) is 0 Å². The van der Waals surface area contributed by atoms with Gasteiger partial charge in [-0.15, -0.1) is 0 Å². The molecule has 2 aliphatic rings. The Morgan fingerprint density at radius 1 is 0.362 bits per heavy atom.